The average molecular weight is 250 g/mol. The molecule has 0 spiro atoms. The molecule has 0 bridgehead atoms. The highest BCUT2D eigenvalue weighted by molar-refractivity contribution is 5.78. The molecule has 1 unspecified atom stereocenters. The summed E-state index contributed by atoms with van der Waals surface area (Å²) in [6, 6.07) is 9.77. The van der Waals surface area contributed by atoms with Gasteiger partial charge in [-0.25, -0.2) is 0 Å². The maximum atomic E-state index is 6.30. The summed E-state index contributed by atoms with van der Waals surface area (Å²) in [6.45, 7) is 0. The first-order valence-corrected chi connectivity index (χ1v) is 6.19. The van der Waals surface area contributed by atoms with Crippen LogP contribution in [0.1, 0.15) is 17.2 Å². The Labute approximate surface area is 111 Å². The molecule has 0 aliphatic rings. The predicted molar refractivity (Wildman–Crippen MR) is 74.4 cm³/mol. The van der Waals surface area contributed by atoms with E-state index >= 15 is 0 Å². The van der Waals surface area contributed by atoms with Crippen molar-refractivity contribution in [1.82, 2.24) is 15.0 Å². The summed E-state index contributed by atoms with van der Waals surface area (Å²) < 4.78 is 0. The van der Waals surface area contributed by atoms with Crippen molar-refractivity contribution in [2.75, 3.05) is 0 Å². The number of aromatic nitrogens is 3. The van der Waals surface area contributed by atoms with Gasteiger partial charge in [-0.3, -0.25) is 15.0 Å². The molecule has 0 radical (unpaired) electrons. The Balaban J connectivity index is 1.96. The van der Waals surface area contributed by atoms with Crippen LogP contribution in [-0.4, -0.2) is 15.0 Å². The lowest BCUT2D eigenvalue weighted by molar-refractivity contribution is 0.723. The fourth-order valence-corrected chi connectivity index (χ4v) is 2.20. The van der Waals surface area contributed by atoms with E-state index in [2.05, 4.69) is 15.0 Å². The molecule has 3 aromatic rings. The molecule has 0 aliphatic heterocycles. The van der Waals surface area contributed by atoms with Crippen molar-refractivity contribution in [3.05, 3.63) is 66.2 Å². The van der Waals surface area contributed by atoms with Crippen LogP contribution in [0.3, 0.4) is 0 Å². The van der Waals surface area contributed by atoms with Crippen LogP contribution in [0, 0.1) is 0 Å². The van der Waals surface area contributed by atoms with Crippen LogP contribution in [0.5, 0.6) is 0 Å². The Morgan fingerprint density at radius 3 is 2.74 bits per heavy atom. The van der Waals surface area contributed by atoms with Crippen molar-refractivity contribution >= 4 is 11.0 Å². The third kappa shape index (κ3) is 2.44. The molecule has 94 valence electrons. The monoisotopic (exact) mass is 250 g/mol. The Bertz CT molecular complexity index is 677. The summed E-state index contributed by atoms with van der Waals surface area (Å²) in [7, 11) is 0. The number of pyridine rings is 1. The first-order chi connectivity index (χ1) is 9.34. The number of rotatable bonds is 3. The predicted octanol–water partition coefficient (Wildman–Crippen LogP) is 2.27. The van der Waals surface area contributed by atoms with Crippen molar-refractivity contribution in [2.24, 2.45) is 5.73 Å². The minimum Gasteiger partial charge on any atom is -0.324 e. The number of fused-ring (bicyclic) bond motifs is 1. The van der Waals surface area contributed by atoms with Crippen LogP contribution in [0.2, 0.25) is 0 Å². The topological polar surface area (TPSA) is 64.7 Å². The maximum Gasteiger partial charge on any atom is 0.0934 e. The van der Waals surface area contributed by atoms with E-state index in [4.69, 9.17) is 5.73 Å². The molecule has 0 aliphatic carbocycles. The first-order valence-electron chi connectivity index (χ1n) is 6.19. The maximum absolute atomic E-state index is 6.30. The van der Waals surface area contributed by atoms with Gasteiger partial charge in [-0.15, -0.1) is 0 Å². The molecule has 4 nitrogen and oxygen atoms in total. The molecule has 0 fully saturated rings. The summed E-state index contributed by atoms with van der Waals surface area (Å²) >= 11 is 0. The van der Waals surface area contributed by atoms with Gasteiger partial charge in [-0.1, -0.05) is 18.2 Å². The Kier molecular flexibility index (Phi) is 3.16. The van der Waals surface area contributed by atoms with Gasteiger partial charge in [0.2, 0.25) is 0 Å². The standard InChI is InChI=1S/C15H14N4/c16-13(9-11-3-2-6-17-10-11)12-4-1-5-14-15(12)19-8-7-18-14/h1-8,10,13H,9,16H2. The fraction of sp³-hybridized carbons (Fsp3) is 0.133. The molecule has 0 saturated heterocycles. The van der Waals surface area contributed by atoms with Crippen molar-refractivity contribution < 1.29 is 0 Å². The van der Waals surface area contributed by atoms with Crippen molar-refractivity contribution in [3.8, 4) is 0 Å². The summed E-state index contributed by atoms with van der Waals surface area (Å²) in [5.74, 6) is 0. The summed E-state index contributed by atoms with van der Waals surface area (Å²) in [6.07, 6.45) is 7.74. The van der Waals surface area contributed by atoms with E-state index in [1.54, 1.807) is 18.6 Å². The largest absolute Gasteiger partial charge is 0.324 e. The number of hydrogen-bond acceptors (Lipinski definition) is 4. The van der Waals surface area contributed by atoms with E-state index in [9.17, 15) is 0 Å². The minimum absolute atomic E-state index is 0.107. The second-order valence-electron chi connectivity index (χ2n) is 4.44. The van der Waals surface area contributed by atoms with E-state index < -0.39 is 0 Å². The van der Waals surface area contributed by atoms with Crippen LogP contribution < -0.4 is 5.73 Å². The van der Waals surface area contributed by atoms with Crippen LogP contribution >= 0.6 is 0 Å². The van der Waals surface area contributed by atoms with Crippen LogP contribution in [0.15, 0.2) is 55.1 Å². The number of nitrogens with zero attached hydrogens (tertiary/aromatic N) is 3. The smallest absolute Gasteiger partial charge is 0.0934 e. The zero-order chi connectivity index (χ0) is 13.1. The van der Waals surface area contributed by atoms with E-state index in [1.165, 1.54) is 0 Å². The van der Waals surface area contributed by atoms with Gasteiger partial charge in [0.15, 0.2) is 0 Å². The van der Waals surface area contributed by atoms with Crippen molar-refractivity contribution in [2.45, 2.75) is 12.5 Å². The Morgan fingerprint density at radius 1 is 1.00 bits per heavy atom. The molecule has 2 N–H and O–H groups in total. The lowest BCUT2D eigenvalue weighted by Gasteiger charge is -2.13. The SMILES string of the molecule is NC(Cc1cccnc1)c1cccc2nccnc12. The summed E-state index contributed by atoms with van der Waals surface area (Å²) in [5.41, 5.74) is 10.2. The third-order valence-corrected chi connectivity index (χ3v) is 3.11. The average Bonchev–Trinajstić information content (AvgIpc) is 2.47. The zero-order valence-corrected chi connectivity index (χ0v) is 10.4. The van der Waals surface area contributed by atoms with Crippen molar-refractivity contribution in [1.29, 1.82) is 0 Å². The van der Waals surface area contributed by atoms with Crippen LogP contribution in [-0.2, 0) is 6.42 Å². The van der Waals surface area contributed by atoms with Gasteiger partial charge in [-0.2, -0.15) is 0 Å². The van der Waals surface area contributed by atoms with E-state index in [0.29, 0.717) is 0 Å². The van der Waals surface area contributed by atoms with E-state index in [0.717, 1.165) is 28.6 Å². The molecule has 1 aromatic carbocycles. The van der Waals surface area contributed by atoms with Gasteiger partial charge in [0.05, 0.1) is 11.0 Å². The van der Waals surface area contributed by atoms with E-state index in [-0.39, 0.29) is 6.04 Å². The summed E-state index contributed by atoms with van der Waals surface area (Å²) in [5, 5.41) is 0. The van der Waals surface area contributed by atoms with Gasteiger partial charge >= 0.3 is 0 Å². The normalized spacial score (nSPS) is 12.5. The Morgan fingerprint density at radius 2 is 1.89 bits per heavy atom. The highest BCUT2D eigenvalue weighted by atomic mass is 14.8. The molecule has 19 heavy (non-hydrogen) atoms. The highest BCUT2D eigenvalue weighted by Gasteiger charge is 2.11. The third-order valence-electron chi connectivity index (χ3n) is 3.11. The second-order valence-corrected chi connectivity index (χ2v) is 4.44. The fourth-order valence-electron chi connectivity index (χ4n) is 2.20. The molecule has 2 aromatic heterocycles. The zero-order valence-electron chi connectivity index (χ0n) is 10.4. The Hall–Kier alpha value is -2.33. The molecule has 2 heterocycles. The molecular formula is C15H14N4. The van der Waals surface area contributed by atoms with Gasteiger partial charge in [-0.05, 0) is 29.7 Å². The van der Waals surface area contributed by atoms with Gasteiger partial charge in [0, 0.05) is 30.8 Å². The molecular weight excluding hydrogens is 236 g/mol. The lowest BCUT2D eigenvalue weighted by atomic mass is 9.99. The van der Waals surface area contributed by atoms with Gasteiger partial charge in [0.1, 0.15) is 0 Å². The number of para-hydroxylation sites is 1. The second kappa shape index (κ2) is 5.12. The molecule has 1 atom stereocenters. The number of benzene rings is 1. The number of nitrogens with two attached hydrogens (primary N) is 1. The molecule has 0 saturated carbocycles. The van der Waals surface area contributed by atoms with Crippen LogP contribution in [0.25, 0.3) is 11.0 Å². The highest BCUT2D eigenvalue weighted by Crippen LogP contribution is 2.22. The van der Waals surface area contributed by atoms with Gasteiger partial charge in [0.25, 0.3) is 0 Å². The minimum atomic E-state index is -0.107. The number of hydrogen-bond donors (Lipinski definition) is 1. The van der Waals surface area contributed by atoms with E-state index in [1.807, 2.05) is 36.5 Å². The van der Waals surface area contributed by atoms with Crippen LogP contribution in [0.4, 0.5) is 0 Å². The summed E-state index contributed by atoms with van der Waals surface area (Å²) in [4.78, 5) is 12.8. The van der Waals surface area contributed by atoms with Crippen molar-refractivity contribution in [3.63, 3.8) is 0 Å². The quantitative estimate of drug-likeness (QED) is 0.774. The molecule has 0 amide bonds. The first kappa shape index (κ1) is 11.7. The molecule has 4 heteroatoms. The lowest BCUT2D eigenvalue weighted by Crippen LogP contribution is -2.14. The molecule has 3 rings (SSSR count). The van der Waals surface area contributed by atoms with Gasteiger partial charge < -0.3 is 5.73 Å².